The van der Waals surface area contributed by atoms with Gasteiger partial charge in [0.05, 0.1) is 0 Å². The summed E-state index contributed by atoms with van der Waals surface area (Å²) in [6.07, 6.45) is 0. The summed E-state index contributed by atoms with van der Waals surface area (Å²) in [5.41, 5.74) is 0. The van der Waals surface area contributed by atoms with Crippen molar-refractivity contribution in [3.63, 3.8) is 0 Å². The Morgan fingerprint density at radius 1 is 0.600 bits per heavy atom. The molecule has 0 aliphatic carbocycles. The molecule has 0 saturated carbocycles. The summed E-state index contributed by atoms with van der Waals surface area (Å²) in [4.78, 5) is 43.1. The van der Waals surface area contributed by atoms with Gasteiger partial charge in [0.1, 0.15) is 0 Å². The quantitative estimate of drug-likeness (QED) is 0.188. The van der Waals surface area contributed by atoms with Crippen LogP contribution in [0.15, 0.2) is 0 Å². The van der Waals surface area contributed by atoms with Gasteiger partial charge in [-0.1, -0.05) is 0 Å². The van der Waals surface area contributed by atoms with E-state index in [-0.39, 0.29) is 129 Å². The third kappa shape index (κ3) is 272. The van der Waals surface area contributed by atoms with Crippen LogP contribution in [0.3, 0.4) is 0 Å². The molecule has 0 aromatic carbocycles. The SMILES string of the molecule is O.O=P(O)(O)O.O=P(O)(O)O.[H-].[H-].[H-].[H-].[Na+].[Na+].[Na+].[Na+]. The third-order valence-electron chi connectivity index (χ3n) is 0. The van der Waals surface area contributed by atoms with Crippen LogP contribution >= 0.6 is 15.6 Å². The van der Waals surface area contributed by atoms with Crippen molar-refractivity contribution in [3.05, 3.63) is 0 Å². The van der Waals surface area contributed by atoms with Gasteiger partial charge < -0.3 is 40.5 Å². The molecule has 0 rings (SSSR count). The van der Waals surface area contributed by atoms with Crippen LogP contribution in [-0.2, 0) is 9.13 Å². The van der Waals surface area contributed by atoms with Gasteiger partial charge in [-0.2, -0.15) is 0 Å². The van der Waals surface area contributed by atoms with Crippen molar-refractivity contribution in [2.45, 2.75) is 0 Å². The molecule has 0 unspecified atom stereocenters. The summed E-state index contributed by atoms with van der Waals surface area (Å²) in [6, 6.07) is 0. The summed E-state index contributed by atoms with van der Waals surface area (Å²) in [7, 11) is -9.28. The Kier molecular flexibility index (Phi) is 58.4. The van der Waals surface area contributed by atoms with Gasteiger partial charge in [-0.05, 0) is 0 Å². The average molecular weight is 310 g/mol. The Morgan fingerprint density at radius 3 is 0.600 bits per heavy atom. The van der Waals surface area contributed by atoms with Crippen LogP contribution in [0.4, 0.5) is 0 Å². The molecule has 0 fully saturated rings. The number of hydrogen-bond acceptors (Lipinski definition) is 2. The zero-order chi connectivity index (χ0) is 9.00. The molecular weight excluding hydrogens is 298 g/mol. The van der Waals surface area contributed by atoms with Crippen molar-refractivity contribution in [1.29, 1.82) is 0 Å². The first kappa shape index (κ1) is 42.7. The fourth-order valence-electron chi connectivity index (χ4n) is 0. The van der Waals surface area contributed by atoms with Gasteiger partial charge in [0, 0.05) is 0 Å². The summed E-state index contributed by atoms with van der Waals surface area (Å²) < 4.78 is 17.8. The van der Waals surface area contributed by atoms with E-state index in [1.165, 1.54) is 0 Å². The molecule has 0 aliphatic heterocycles. The zero-order valence-corrected chi connectivity index (χ0v) is 18.7. The minimum absolute atomic E-state index is 0. The second-order valence-electron chi connectivity index (χ2n) is 1.03. The van der Waals surface area contributed by atoms with Crippen molar-refractivity contribution in [1.82, 2.24) is 0 Å². The predicted octanol–water partition coefficient (Wildman–Crippen LogP) is -14.2. The van der Waals surface area contributed by atoms with Crippen molar-refractivity contribution >= 4 is 15.6 Å². The van der Waals surface area contributed by atoms with Gasteiger partial charge in [-0.25, -0.2) is 9.13 Å². The van der Waals surface area contributed by atoms with E-state index in [1.54, 1.807) is 0 Å². The van der Waals surface area contributed by atoms with Gasteiger partial charge in [0.15, 0.2) is 0 Å². The van der Waals surface area contributed by atoms with Crippen molar-refractivity contribution in [3.8, 4) is 0 Å². The van der Waals surface area contributed by atoms with Gasteiger partial charge in [0.25, 0.3) is 0 Å². The molecule has 0 amide bonds. The molecule has 0 aliphatic rings. The summed E-state index contributed by atoms with van der Waals surface area (Å²) >= 11 is 0. The molecular formula is H12Na4O9P2. The Balaban J connectivity index is -0.00000000508. The largest absolute Gasteiger partial charge is 1.00 e. The molecule has 0 radical (unpaired) electrons. The first-order valence-electron chi connectivity index (χ1n) is 1.57. The zero-order valence-electron chi connectivity index (χ0n) is 12.9. The minimum Gasteiger partial charge on any atom is -1.00 e. The van der Waals surface area contributed by atoms with Crippen LogP contribution in [0.5, 0.6) is 0 Å². The molecule has 80 valence electrons. The van der Waals surface area contributed by atoms with E-state index in [1.807, 2.05) is 0 Å². The summed E-state index contributed by atoms with van der Waals surface area (Å²) in [5.74, 6) is 0. The van der Waals surface area contributed by atoms with Crippen molar-refractivity contribution in [2.24, 2.45) is 0 Å². The smallest absolute Gasteiger partial charge is 1.00 e. The fourth-order valence-corrected chi connectivity index (χ4v) is 0. The molecule has 0 saturated heterocycles. The van der Waals surface area contributed by atoms with Crippen LogP contribution < -0.4 is 118 Å². The average Bonchev–Trinajstić information content (AvgIpc) is 1.12. The van der Waals surface area contributed by atoms with E-state index >= 15 is 0 Å². The molecule has 0 spiro atoms. The normalized spacial score (nSPS) is 7.87. The number of phosphoric acid groups is 2. The molecule has 0 aromatic heterocycles. The molecule has 15 heavy (non-hydrogen) atoms. The Bertz CT molecular complexity index is 147. The molecule has 0 aromatic rings. The Morgan fingerprint density at radius 2 is 0.600 bits per heavy atom. The van der Waals surface area contributed by atoms with Crippen LogP contribution in [-0.4, -0.2) is 34.8 Å². The second-order valence-corrected chi connectivity index (χ2v) is 3.08. The summed E-state index contributed by atoms with van der Waals surface area (Å²) in [5, 5.41) is 0. The van der Waals surface area contributed by atoms with E-state index in [0.717, 1.165) is 0 Å². The number of rotatable bonds is 0. The maximum absolute atomic E-state index is 8.88. The van der Waals surface area contributed by atoms with Crippen molar-refractivity contribution < 1.29 is 168 Å². The predicted molar refractivity (Wildman–Crippen MR) is 36.6 cm³/mol. The fraction of sp³-hybridized carbons (Fsp3) is 0. The molecule has 0 atom stereocenters. The third-order valence-corrected chi connectivity index (χ3v) is 0. The standard InChI is InChI=1S/4Na.2H3O4P.H2O.4H/c;;;;2*1-5(2,3)4;;;;;/h;;;;2*(H3,1,2,3,4);1H2;;;;/q4*+1;;;;4*-1. The van der Waals surface area contributed by atoms with Gasteiger partial charge in [0.2, 0.25) is 0 Å². The van der Waals surface area contributed by atoms with Crippen LogP contribution in [0.1, 0.15) is 5.71 Å². The first-order valence-corrected chi connectivity index (χ1v) is 4.70. The Labute approximate surface area is 180 Å². The maximum Gasteiger partial charge on any atom is 1.00 e. The monoisotopic (exact) mass is 310 g/mol. The molecule has 0 bridgehead atoms. The second kappa shape index (κ2) is 20.5. The van der Waals surface area contributed by atoms with Crippen LogP contribution in [0, 0.1) is 0 Å². The van der Waals surface area contributed by atoms with Gasteiger partial charge in [-0.3, -0.25) is 0 Å². The molecule has 8 N–H and O–H groups in total. The molecule has 9 nitrogen and oxygen atoms in total. The topological polar surface area (TPSA) is 187 Å². The van der Waals surface area contributed by atoms with E-state index in [9.17, 15) is 0 Å². The maximum atomic E-state index is 8.88. The van der Waals surface area contributed by atoms with Crippen LogP contribution in [0.2, 0.25) is 0 Å². The van der Waals surface area contributed by atoms with E-state index < -0.39 is 15.6 Å². The minimum atomic E-state index is -4.64. The summed E-state index contributed by atoms with van der Waals surface area (Å²) in [6.45, 7) is 0. The van der Waals surface area contributed by atoms with Crippen LogP contribution in [0.25, 0.3) is 0 Å². The van der Waals surface area contributed by atoms with E-state index in [0.29, 0.717) is 0 Å². The first-order chi connectivity index (χ1) is 4.00. The molecule has 0 heterocycles. The van der Waals surface area contributed by atoms with Crippen molar-refractivity contribution in [2.75, 3.05) is 0 Å². The van der Waals surface area contributed by atoms with E-state index in [4.69, 9.17) is 38.5 Å². The van der Waals surface area contributed by atoms with Gasteiger partial charge >= 0.3 is 134 Å². The Hall–Kier alpha value is 4.18. The van der Waals surface area contributed by atoms with Gasteiger partial charge in [-0.15, -0.1) is 0 Å². The number of hydrogen-bond donors (Lipinski definition) is 6. The van der Waals surface area contributed by atoms with E-state index in [2.05, 4.69) is 0 Å². The molecule has 15 heteroatoms.